The number of amides is 2. The summed E-state index contributed by atoms with van der Waals surface area (Å²) in [5, 5.41) is 18.3. The predicted octanol–water partition coefficient (Wildman–Crippen LogP) is 3.18. The van der Waals surface area contributed by atoms with Crippen molar-refractivity contribution in [2.24, 2.45) is 7.05 Å². The second-order valence-electron chi connectivity index (χ2n) is 6.88. The van der Waals surface area contributed by atoms with Crippen LogP contribution in [0.4, 0.5) is 5.69 Å². The summed E-state index contributed by atoms with van der Waals surface area (Å²) in [7, 11) is 1.71. The minimum atomic E-state index is -0.286. The molecule has 0 saturated carbocycles. The number of aryl methyl sites for hydroxylation is 1. The van der Waals surface area contributed by atoms with Crippen molar-refractivity contribution in [1.82, 2.24) is 25.5 Å². The summed E-state index contributed by atoms with van der Waals surface area (Å²) in [6.07, 6.45) is 0. The zero-order valence-electron chi connectivity index (χ0n) is 16.9. The zero-order chi connectivity index (χ0) is 21.8. The summed E-state index contributed by atoms with van der Waals surface area (Å²) < 4.78 is 7.31. The number of benzene rings is 2. The van der Waals surface area contributed by atoms with E-state index in [2.05, 4.69) is 26.2 Å². The number of hydrogen-bond acceptors (Lipinski definition) is 7. The predicted molar refractivity (Wildman–Crippen MR) is 117 cm³/mol. The van der Waals surface area contributed by atoms with Gasteiger partial charge in [0.2, 0.25) is 11.1 Å². The molecule has 1 unspecified atom stereocenters. The van der Waals surface area contributed by atoms with Crippen LogP contribution in [-0.4, -0.2) is 37.8 Å². The molecule has 2 aromatic carbocycles. The summed E-state index contributed by atoms with van der Waals surface area (Å²) >= 11 is 1.24. The first kappa shape index (κ1) is 20.6. The molecule has 1 atom stereocenters. The first-order valence-electron chi connectivity index (χ1n) is 9.54. The summed E-state index contributed by atoms with van der Waals surface area (Å²) in [6, 6.07) is 16.0. The minimum Gasteiger partial charge on any atom is -0.459 e. The first-order valence-corrected chi connectivity index (χ1v) is 10.5. The van der Waals surface area contributed by atoms with Crippen molar-refractivity contribution < 1.29 is 14.0 Å². The van der Waals surface area contributed by atoms with Crippen LogP contribution in [0, 0.1) is 0 Å². The number of carbonyl (C=O) groups is 2. The Bertz CT molecular complexity index is 1180. The van der Waals surface area contributed by atoms with Crippen LogP contribution in [0.1, 0.15) is 29.1 Å². The first-order chi connectivity index (χ1) is 15.0. The van der Waals surface area contributed by atoms with Crippen molar-refractivity contribution in [2.75, 3.05) is 11.1 Å². The Labute approximate surface area is 182 Å². The number of nitrogens with zero attached hydrogens (tertiary/aromatic N) is 4. The lowest BCUT2D eigenvalue weighted by Gasteiger charge is -2.12. The molecule has 158 valence electrons. The Morgan fingerprint density at radius 3 is 2.65 bits per heavy atom. The van der Waals surface area contributed by atoms with Gasteiger partial charge in [-0.3, -0.25) is 9.59 Å². The van der Waals surface area contributed by atoms with E-state index in [1.54, 1.807) is 31.3 Å². The highest BCUT2D eigenvalue weighted by Crippen LogP contribution is 2.24. The molecular weight excluding hydrogens is 416 g/mol. The van der Waals surface area contributed by atoms with Crippen LogP contribution in [0.15, 0.2) is 64.2 Å². The van der Waals surface area contributed by atoms with E-state index >= 15 is 0 Å². The lowest BCUT2D eigenvalue weighted by molar-refractivity contribution is -0.113. The molecular formula is C21H20N6O3S. The molecule has 0 aliphatic heterocycles. The molecule has 2 amide bonds. The third-order valence-corrected chi connectivity index (χ3v) is 5.57. The van der Waals surface area contributed by atoms with Crippen LogP contribution in [0.3, 0.4) is 0 Å². The van der Waals surface area contributed by atoms with E-state index in [1.807, 2.05) is 37.3 Å². The molecule has 2 heterocycles. The number of furan rings is 1. The minimum absolute atomic E-state index is 0.172. The average molecular weight is 436 g/mol. The van der Waals surface area contributed by atoms with E-state index in [4.69, 9.17) is 4.42 Å². The highest BCUT2D eigenvalue weighted by Gasteiger charge is 2.15. The van der Waals surface area contributed by atoms with Crippen molar-refractivity contribution in [3.8, 4) is 0 Å². The van der Waals surface area contributed by atoms with Crippen molar-refractivity contribution in [3.05, 3.63) is 65.9 Å². The standard InChI is InChI=1S/C21H20N6O3S/c1-13(18-11-15-5-3-4-6-17(15)30-18)22-20(29)14-7-9-16(10-8-14)23-19(28)12-31-21-24-25-26-27(21)2/h3-11,13H,12H2,1-2H3,(H,22,29)(H,23,28). The largest absolute Gasteiger partial charge is 0.459 e. The third-order valence-electron chi connectivity index (χ3n) is 4.56. The number of carbonyl (C=O) groups excluding carboxylic acids is 2. The van der Waals surface area contributed by atoms with Gasteiger partial charge < -0.3 is 15.1 Å². The quantitative estimate of drug-likeness (QED) is 0.428. The number of tetrazole rings is 1. The Morgan fingerprint density at radius 2 is 1.94 bits per heavy atom. The maximum absolute atomic E-state index is 12.6. The molecule has 4 aromatic rings. The van der Waals surface area contributed by atoms with Gasteiger partial charge in [-0.2, -0.15) is 0 Å². The molecule has 31 heavy (non-hydrogen) atoms. The van der Waals surface area contributed by atoms with Crippen molar-refractivity contribution in [2.45, 2.75) is 18.1 Å². The molecule has 0 aliphatic rings. The van der Waals surface area contributed by atoms with Gasteiger partial charge in [0, 0.05) is 23.7 Å². The number of hydrogen-bond donors (Lipinski definition) is 2. The summed E-state index contributed by atoms with van der Waals surface area (Å²) in [6.45, 7) is 1.87. The molecule has 4 rings (SSSR count). The average Bonchev–Trinajstić information content (AvgIpc) is 3.38. The number of aromatic nitrogens is 4. The van der Waals surface area contributed by atoms with Gasteiger partial charge in [0.1, 0.15) is 11.3 Å². The molecule has 0 spiro atoms. The van der Waals surface area contributed by atoms with Gasteiger partial charge in [0.15, 0.2) is 0 Å². The Morgan fingerprint density at radius 1 is 1.16 bits per heavy atom. The van der Waals surface area contributed by atoms with Crippen molar-refractivity contribution in [1.29, 1.82) is 0 Å². The van der Waals surface area contributed by atoms with E-state index in [0.717, 1.165) is 11.0 Å². The topological polar surface area (TPSA) is 115 Å². The molecule has 2 aromatic heterocycles. The number of fused-ring (bicyclic) bond motifs is 1. The summed E-state index contributed by atoms with van der Waals surface area (Å²) in [4.78, 5) is 24.7. The Balaban J connectivity index is 1.32. The van der Waals surface area contributed by atoms with Gasteiger partial charge in [-0.1, -0.05) is 30.0 Å². The van der Waals surface area contributed by atoms with Gasteiger partial charge in [0.05, 0.1) is 11.8 Å². The van der Waals surface area contributed by atoms with Gasteiger partial charge in [0.25, 0.3) is 5.91 Å². The molecule has 0 saturated heterocycles. The molecule has 0 bridgehead atoms. The molecule has 2 N–H and O–H groups in total. The van der Waals surface area contributed by atoms with Crippen molar-refractivity contribution >= 4 is 40.2 Å². The monoisotopic (exact) mass is 436 g/mol. The maximum atomic E-state index is 12.6. The zero-order valence-corrected chi connectivity index (χ0v) is 17.7. The smallest absolute Gasteiger partial charge is 0.251 e. The van der Waals surface area contributed by atoms with Crippen molar-refractivity contribution in [3.63, 3.8) is 0 Å². The number of nitrogens with one attached hydrogen (secondary N) is 2. The summed E-state index contributed by atoms with van der Waals surface area (Å²) in [5.74, 6) is 0.444. The van der Waals surface area contributed by atoms with Crippen LogP contribution < -0.4 is 10.6 Å². The number of para-hydroxylation sites is 1. The fourth-order valence-corrected chi connectivity index (χ4v) is 3.59. The highest BCUT2D eigenvalue weighted by molar-refractivity contribution is 7.99. The van der Waals surface area contributed by atoms with Gasteiger partial charge in [-0.05, 0) is 53.7 Å². The molecule has 9 nitrogen and oxygen atoms in total. The van der Waals surface area contributed by atoms with E-state index in [9.17, 15) is 9.59 Å². The number of anilines is 1. The van der Waals surface area contributed by atoms with Crippen LogP contribution in [0.5, 0.6) is 0 Å². The van der Waals surface area contributed by atoms with E-state index in [0.29, 0.717) is 22.2 Å². The van der Waals surface area contributed by atoms with Crippen LogP contribution in [0.25, 0.3) is 11.0 Å². The summed E-state index contributed by atoms with van der Waals surface area (Å²) in [5.41, 5.74) is 1.87. The third kappa shape index (κ3) is 4.92. The number of rotatable bonds is 7. The molecule has 0 aliphatic carbocycles. The molecule has 0 fully saturated rings. The van der Waals surface area contributed by atoms with Crippen LogP contribution in [0.2, 0.25) is 0 Å². The number of thioether (sulfide) groups is 1. The van der Waals surface area contributed by atoms with E-state index in [1.165, 1.54) is 16.4 Å². The molecule has 0 radical (unpaired) electrons. The molecule has 10 heteroatoms. The fraction of sp³-hybridized carbons (Fsp3) is 0.190. The normalized spacial score (nSPS) is 11.9. The van der Waals surface area contributed by atoms with Gasteiger partial charge in [-0.15, -0.1) is 5.10 Å². The van der Waals surface area contributed by atoms with Crippen LogP contribution in [-0.2, 0) is 11.8 Å². The van der Waals surface area contributed by atoms with Crippen LogP contribution >= 0.6 is 11.8 Å². The Hall–Kier alpha value is -3.66. The second kappa shape index (κ2) is 9.00. The van der Waals surface area contributed by atoms with E-state index in [-0.39, 0.29) is 23.6 Å². The SMILES string of the molecule is CC(NC(=O)c1ccc(NC(=O)CSc2nnnn2C)cc1)c1cc2ccccc2o1. The fourth-order valence-electron chi connectivity index (χ4n) is 2.94. The second-order valence-corrected chi connectivity index (χ2v) is 7.82. The van der Waals surface area contributed by atoms with E-state index < -0.39 is 0 Å². The van der Waals surface area contributed by atoms with Gasteiger partial charge in [-0.25, -0.2) is 4.68 Å². The maximum Gasteiger partial charge on any atom is 0.251 e. The lowest BCUT2D eigenvalue weighted by Crippen LogP contribution is -2.26. The van der Waals surface area contributed by atoms with Gasteiger partial charge >= 0.3 is 0 Å². The lowest BCUT2D eigenvalue weighted by atomic mass is 10.1. The Kier molecular flexibility index (Phi) is 5.99. The highest BCUT2D eigenvalue weighted by atomic mass is 32.2.